The van der Waals surface area contributed by atoms with Gasteiger partial charge in [0.05, 0.1) is 0 Å². The van der Waals surface area contributed by atoms with E-state index in [-0.39, 0.29) is 0 Å². The molecule has 0 atom stereocenters. The van der Waals surface area contributed by atoms with E-state index in [1.165, 1.54) is 25.7 Å². The third-order valence-corrected chi connectivity index (χ3v) is 1.76. The van der Waals surface area contributed by atoms with Gasteiger partial charge in [0.15, 0.2) is 0 Å². The Morgan fingerprint density at radius 2 is 1.64 bits per heavy atom. The smallest absolute Gasteiger partial charge is 0.238 e. The standard InChI is InChI=1S/C9H18NO/c1-2-3-4-5-6-7-8-9(10)11/h10H,2-8H2,1H3. The van der Waals surface area contributed by atoms with E-state index < -0.39 is 5.91 Å². The van der Waals surface area contributed by atoms with Gasteiger partial charge in [-0.2, -0.15) is 0 Å². The van der Waals surface area contributed by atoms with Gasteiger partial charge < -0.3 is 0 Å². The van der Waals surface area contributed by atoms with E-state index in [1.54, 1.807) is 0 Å². The number of nitrogens with one attached hydrogen (secondary N) is 1. The number of unbranched alkanes of at least 4 members (excludes halogenated alkanes) is 5. The average molecular weight is 156 g/mol. The second kappa shape index (κ2) is 7.58. The van der Waals surface area contributed by atoms with Gasteiger partial charge in [0.25, 0.3) is 0 Å². The van der Waals surface area contributed by atoms with E-state index in [1.807, 2.05) is 0 Å². The molecule has 0 aliphatic heterocycles. The molecule has 0 unspecified atom stereocenters. The fraction of sp³-hybridized carbons (Fsp3) is 0.889. The maximum absolute atomic E-state index is 10.2. The molecule has 0 fully saturated rings. The van der Waals surface area contributed by atoms with Crippen molar-refractivity contribution in [1.29, 1.82) is 0 Å². The van der Waals surface area contributed by atoms with Crippen molar-refractivity contribution in [2.24, 2.45) is 0 Å². The minimum atomic E-state index is -0.416. The first-order valence-corrected chi connectivity index (χ1v) is 4.51. The summed E-state index contributed by atoms with van der Waals surface area (Å²) in [5.41, 5.74) is 6.66. The highest BCUT2D eigenvalue weighted by Gasteiger charge is 1.94. The first-order valence-electron chi connectivity index (χ1n) is 4.51. The summed E-state index contributed by atoms with van der Waals surface area (Å²) in [7, 11) is 0. The summed E-state index contributed by atoms with van der Waals surface area (Å²) in [6.45, 7) is 2.19. The van der Waals surface area contributed by atoms with Crippen LogP contribution >= 0.6 is 0 Å². The summed E-state index contributed by atoms with van der Waals surface area (Å²) in [4.78, 5) is 10.2. The zero-order valence-electron chi connectivity index (χ0n) is 7.36. The van der Waals surface area contributed by atoms with Gasteiger partial charge in [0.2, 0.25) is 5.91 Å². The molecule has 0 aromatic heterocycles. The highest BCUT2D eigenvalue weighted by molar-refractivity contribution is 5.72. The topological polar surface area (TPSA) is 40.9 Å². The number of carbonyl (C=O) groups is 1. The van der Waals surface area contributed by atoms with Crippen LogP contribution in [0.15, 0.2) is 0 Å². The minimum Gasteiger partial charge on any atom is -0.273 e. The lowest BCUT2D eigenvalue weighted by Gasteiger charge is -1.97. The molecule has 0 aromatic rings. The number of rotatable bonds is 7. The van der Waals surface area contributed by atoms with Crippen molar-refractivity contribution in [2.75, 3.05) is 0 Å². The second-order valence-corrected chi connectivity index (χ2v) is 2.94. The van der Waals surface area contributed by atoms with E-state index in [0.717, 1.165) is 12.8 Å². The molecule has 0 saturated heterocycles. The van der Waals surface area contributed by atoms with Crippen LogP contribution in [0.25, 0.3) is 0 Å². The second-order valence-electron chi connectivity index (χ2n) is 2.94. The van der Waals surface area contributed by atoms with Gasteiger partial charge in [-0.1, -0.05) is 39.0 Å². The van der Waals surface area contributed by atoms with Gasteiger partial charge in [-0.15, -0.1) is 0 Å². The summed E-state index contributed by atoms with van der Waals surface area (Å²) < 4.78 is 0. The molecule has 0 aliphatic rings. The molecule has 0 saturated carbocycles. The molecule has 0 bridgehead atoms. The Kier molecular flexibility index (Phi) is 7.21. The third kappa shape index (κ3) is 9.47. The Hall–Kier alpha value is -0.530. The summed E-state index contributed by atoms with van der Waals surface area (Å²) in [5, 5.41) is 0. The fourth-order valence-electron chi connectivity index (χ4n) is 1.07. The van der Waals surface area contributed by atoms with Crippen molar-refractivity contribution in [3.63, 3.8) is 0 Å². The normalized spacial score (nSPS) is 9.91. The van der Waals surface area contributed by atoms with Crippen LogP contribution < -0.4 is 5.73 Å². The fourth-order valence-corrected chi connectivity index (χ4v) is 1.07. The van der Waals surface area contributed by atoms with Crippen molar-refractivity contribution in [3.05, 3.63) is 0 Å². The van der Waals surface area contributed by atoms with Crippen molar-refractivity contribution in [3.8, 4) is 0 Å². The molecule has 0 heterocycles. The lowest BCUT2D eigenvalue weighted by molar-refractivity contribution is -0.118. The Morgan fingerprint density at radius 1 is 1.09 bits per heavy atom. The molecule has 2 heteroatoms. The molecule has 11 heavy (non-hydrogen) atoms. The van der Waals surface area contributed by atoms with Gasteiger partial charge >= 0.3 is 0 Å². The first-order chi connectivity index (χ1) is 5.27. The number of amides is 1. The zero-order valence-corrected chi connectivity index (χ0v) is 7.36. The van der Waals surface area contributed by atoms with E-state index in [9.17, 15) is 4.79 Å². The summed E-state index contributed by atoms with van der Waals surface area (Å²) in [6.07, 6.45) is 7.54. The van der Waals surface area contributed by atoms with Crippen molar-refractivity contribution >= 4 is 5.91 Å². The van der Waals surface area contributed by atoms with E-state index in [4.69, 9.17) is 5.73 Å². The maximum Gasteiger partial charge on any atom is 0.238 e. The van der Waals surface area contributed by atoms with Crippen LogP contribution in [0.1, 0.15) is 51.9 Å². The predicted octanol–water partition coefficient (Wildman–Crippen LogP) is 2.55. The Morgan fingerprint density at radius 3 is 2.18 bits per heavy atom. The predicted molar refractivity (Wildman–Crippen MR) is 46.1 cm³/mol. The lowest BCUT2D eigenvalue weighted by atomic mass is 10.1. The van der Waals surface area contributed by atoms with Gasteiger partial charge in [0.1, 0.15) is 0 Å². The van der Waals surface area contributed by atoms with E-state index in [0.29, 0.717) is 6.42 Å². The first kappa shape index (κ1) is 10.5. The van der Waals surface area contributed by atoms with Crippen LogP contribution in [0.2, 0.25) is 0 Å². The number of hydrogen-bond acceptors (Lipinski definition) is 1. The molecule has 2 nitrogen and oxygen atoms in total. The molecular formula is C9H18NO. The third-order valence-electron chi connectivity index (χ3n) is 1.76. The minimum absolute atomic E-state index is 0.416. The molecule has 0 rings (SSSR count). The van der Waals surface area contributed by atoms with Crippen LogP contribution in [0.5, 0.6) is 0 Å². The van der Waals surface area contributed by atoms with Crippen LogP contribution in [0.3, 0.4) is 0 Å². The van der Waals surface area contributed by atoms with Gasteiger partial charge in [0, 0.05) is 6.42 Å². The Bertz CT molecular complexity index is 102. The highest BCUT2D eigenvalue weighted by atomic mass is 16.1. The maximum atomic E-state index is 10.2. The van der Waals surface area contributed by atoms with E-state index >= 15 is 0 Å². The zero-order chi connectivity index (χ0) is 8.53. The SMILES string of the molecule is CCCCCCCCC([NH])=O. The molecule has 1 amide bonds. The van der Waals surface area contributed by atoms with Crippen LogP contribution in [0, 0.1) is 0 Å². The number of hydrogen-bond donors (Lipinski definition) is 0. The summed E-state index contributed by atoms with van der Waals surface area (Å²) >= 11 is 0. The van der Waals surface area contributed by atoms with Gasteiger partial charge in [-0.25, -0.2) is 0 Å². The Balaban J connectivity index is 2.85. The van der Waals surface area contributed by atoms with Crippen molar-refractivity contribution in [2.45, 2.75) is 51.9 Å². The molecule has 1 N–H and O–H groups in total. The number of carbonyl (C=O) groups excluding carboxylic acids is 1. The average Bonchev–Trinajstić information content (AvgIpc) is 1.96. The molecule has 0 aromatic carbocycles. The lowest BCUT2D eigenvalue weighted by Crippen LogP contribution is -1.96. The molecule has 0 spiro atoms. The van der Waals surface area contributed by atoms with Crippen LogP contribution in [-0.2, 0) is 4.79 Å². The molecule has 0 aliphatic carbocycles. The monoisotopic (exact) mass is 156 g/mol. The van der Waals surface area contributed by atoms with Gasteiger partial charge in [-0.05, 0) is 6.42 Å². The van der Waals surface area contributed by atoms with Crippen LogP contribution in [-0.4, -0.2) is 5.91 Å². The quantitative estimate of drug-likeness (QED) is 0.522. The highest BCUT2D eigenvalue weighted by Crippen LogP contribution is 2.06. The largest absolute Gasteiger partial charge is 0.273 e. The molecule has 1 radical (unpaired) electrons. The van der Waals surface area contributed by atoms with Crippen LogP contribution in [0.4, 0.5) is 0 Å². The summed E-state index contributed by atoms with van der Waals surface area (Å²) in [6, 6.07) is 0. The van der Waals surface area contributed by atoms with Gasteiger partial charge in [-0.3, -0.25) is 10.5 Å². The van der Waals surface area contributed by atoms with Crippen molar-refractivity contribution < 1.29 is 4.79 Å². The Labute approximate surface area is 69.2 Å². The summed E-state index contributed by atoms with van der Waals surface area (Å²) in [5.74, 6) is -0.416. The van der Waals surface area contributed by atoms with E-state index in [2.05, 4.69) is 6.92 Å². The molecular weight excluding hydrogens is 138 g/mol. The van der Waals surface area contributed by atoms with Crippen molar-refractivity contribution in [1.82, 2.24) is 5.73 Å². The molecule has 65 valence electrons.